The van der Waals surface area contributed by atoms with Crippen LogP contribution in [0.1, 0.15) is 5.89 Å². The minimum absolute atomic E-state index is 0.149. The Morgan fingerprint density at radius 2 is 2.06 bits per heavy atom. The molecule has 0 aliphatic rings. The molecular formula is C9H6F3N3O2. The first-order valence-electron chi connectivity index (χ1n) is 4.45. The summed E-state index contributed by atoms with van der Waals surface area (Å²) in [4.78, 5) is 11.3. The summed E-state index contributed by atoms with van der Waals surface area (Å²) >= 11 is 0. The topological polar surface area (TPSA) is 60.9 Å². The maximum atomic E-state index is 12.2. The third-order valence-corrected chi connectivity index (χ3v) is 2.02. The number of hydrogen-bond donors (Lipinski definition) is 0. The van der Waals surface area contributed by atoms with Crippen LogP contribution >= 0.6 is 0 Å². The summed E-state index contributed by atoms with van der Waals surface area (Å²) < 4.78 is 42.3. The van der Waals surface area contributed by atoms with E-state index in [0.29, 0.717) is 0 Å². The fourth-order valence-electron chi connectivity index (χ4n) is 1.14. The molecule has 0 N–H and O–H groups in total. The van der Waals surface area contributed by atoms with Gasteiger partial charge < -0.3 is 8.98 Å². The molecule has 0 aliphatic carbocycles. The van der Waals surface area contributed by atoms with Gasteiger partial charge in [-0.25, -0.2) is 0 Å². The number of pyridine rings is 1. The zero-order valence-electron chi connectivity index (χ0n) is 8.52. The van der Waals surface area contributed by atoms with E-state index in [1.54, 1.807) is 0 Å². The van der Waals surface area contributed by atoms with E-state index in [2.05, 4.69) is 14.6 Å². The monoisotopic (exact) mass is 245 g/mol. The quantitative estimate of drug-likeness (QED) is 0.763. The molecule has 2 aromatic heterocycles. The maximum Gasteiger partial charge on any atom is 0.470 e. The van der Waals surface area contributed by atoms with Crippen molar-refractivity contribution in [1.29, 1.82) is 0 Å². The molecule has 0 saturated heterocycles. The molecule has 17 heavy (non-hydrogen) atoms. The van der Waals surface area contributed by atoms with Crippen molar-refractivity contribution in [3.63, 3.8) is 0 Å². The van der Waals surface area contributed by atoms with Crippen LogP contribution in [0.15, 0.2) is 27.5 Å². The average molecular weight is 245 g/mol. The number of hydrogen-bond acceptors (Lipinski definition) is 4. The Kier molecular flexibility index (Phi) is 2.49. The molecule has 2 rings (SSSR count). The normalized spacial score (nSPS) is 11.8. The van der Waals surface area contributed by atoms with Gasteiger partial charge in [0, 0.05) is 24.9 Å². The van der Waals surface area contributed by atoms with Crippen LogP contribution in [-0.2, 0) is 13.2 Å². The molecule has 8 heteroatoms. The van der Waals surface area contributed by atoms with Crippen LogP contribution in [0, 0.1) is 0 Å². The highest BCUT2D eigenvalue weighted by molar-refractivity contribution is 5.50. The van der Waals surface area contributed by atoms with E-state index in [1.165, 1.54) is 23.9 Å². The van der Waals surface area contributed by atoms with Gasteiger partial charge in [0.05, 0.1) is 0 Å². The van der Waals surface area contributed by atoms with Crippen LogP contribution in [-0.4, -0.2) is 14.8 Å². The Bertz CT molecular complexity index is 600. The van der Waals surface area contributed by atoms with E-state index >= 15 is 0 Å². The summed E-state index contributed by atoms with van der Waals surface area (Å²) in [7, 11) is 1.51. The summed E-state index contributed by atoms with van der Waals surface area (Å²) in [5.74, 6) is -1.77. The van der Waals surface area contributed by atoms with Gasteiger partial charge in [-0.2, -0.15) is 13.2 Å². The Morgan fingerprint density at radius 3 is 2.59 bits per heavy atom. The lowest BCUT2D eigenvalue weighted by atomic mass is 10.3. The van der Waals surface area contributed by atoms with Crippen LogP contribution in [0.5, 0.6) is 0 Å². The molecule has 0 radical (unpaired) electrons. The smallest absolute Gasteiger partial charge is 0.413 e. The van der Waals surface area contributed by atoms with Gasteiger partial charge in [-0.1, -0.05) is 0 Å². The Morgan fingerprint density at radius 1 is 1.35 bits per heavy atom. The van der Waals surface area contributed by atoms with E-state index in [4.69, 9.17) is 0 Å². The zero-order valence-corrected chi connectivity index (χ0v) is 8.52. The van der Waals surface area contributed by atoms with Crippen molar-refractivity contribution in [1.82, 2.24) is 14.8 Å². The standard InChI is InChI=1S/C9H6F3N3O2/c1-15-3-2-5(4-6(15)16)7-13-14-8(17-7)9(10,11)12/h2-4H,1H3. The second-order valence-electron chi connectivity index (χ2n) is 3.27. The number of alkyl halides is 3. The Balaban J connectivity index is 2.44. The minimum Gasteiger partial charge on any atom is -0.413 e. The molecule has 90 valence electrons. The summed E-state index contributed by atoms with van der Waals surface area (Å²) in [5, 5.41) is 6.10. The summed E-state index contributed by atoms with van der Waals surface area (Å²) in [6.07, 6.45) is -3.29. The second-order valence-corrected chi connectivity index (χ2v) is 3.27. The second kappa shape index (κ2) is 3.72. The molecule has 0 aromatic carbocycles. The largest absolute Gasteiger partial charge is 0.470 e. The van der Waals surface area contributed by atoms with Crippen LogP contribution < -0.4 is 5.56 Å². The van der Waals surface area contributed by atoms with Crippen molar-refractivity contribution < 1.29 is 17.6 Å². The van der Waals surface area contributed by atoms with Crippen molar-refractivity contribution in [3.8, 4) is 11.5 Å². The molecule has 2 heterocycles. The van der Waals surface area contributed by atoms with Crippen molar-refractivity contribution in [3.05, 3.63) is 34.6 Å². The number of aromatic nitrogens is 3. The lowest BCUT2D eigenvalue weighted by Gasteiger charge is -1.98. The van der Waals surface area contributed by atoms with Crippen molar-refractivity contribution in [2.75, 3.05) is 0 Å². The molecule has 0 atom stereocenters. The summed E-state index contributed by atoms with van der Waals surface area (Å²) in [5.41, 5.74) is -0.231. The Labute approximate surface area is 92.5 Å². The highest BCUT2D eigenvalue weighted by atomic mass is 19.4. The maximum absolute atomic E-state index is 12.2. The van der Waals surface area contributed by atoms with Gasteiger partial charge in [0.1, 0.15) is 0 Å². The van der Waals surface area contributed by atoms with Crippen LogP contribution in [0.3, 0.4) is 0 Å². The number of nitrogens with zero attached hydrogens (tertiary/aromatic N) is 3. The third-order valence-electron chi connectivity index (χ3n) is 2.02. The first-order chi connectivity index (χ1) is 7.88. The van der Waals surface area contributed by atoms with Crippen molar-refractivity contribution in [2.24, 2.45) is 7.05 Å². The van der Waals surface area contributed by atoms with Gasteiger partial charge in [-0.3, -0.25) is 4.79 Å². The molecule has 0 fully saturated rings. The van der Waals surface area contributed by atoms with Gasteiger partial charge in [-0.15, -0.1) is 10.2 Å². The SMILES string of the molecule is Cn1ccc(-c2nnc(C(F)(F)F)o2)cc1=O. The van der Waals surface area contributed by atoms with Crippen molar-refractivity contribution >= 4 is 0 Å². The number of aryl methyl sites for hydroxylation is 1. The molecular weight excluding hydrogens is 239 g/mol. The number of rotatable bonds is 1. The first kappa shape index (κ1) is 11.4. The zero-order chi connectivity index (χ0) is 12.6. The van der Waals surface area contributed by atoms with Gasteiger partial charge in [0.15, 0.2) is 0 Å². The van der Waals surface area contributed by atoms with E-state index in [-0.39, 0.29) is 17.0 Å². The minimum atomic E-state index is -4.69. The number of halogens is 3. The fraction of sp³-hybridized carbons (Fsp3) is 0.222. The van der Waals surface area contributed by atoms with E-state index in [9.17, 15) is 18.0 Å². The van der Waals surface area contributed by atoms with Gasteiger partial charge in [0.2, 0.25) is 5.89 Å². The third kappa shape index (κ3) is 2.19. The van der Waals surface area contributed by atoms with Crippen LogP contribution in [0.25, 0.3) is 11.5 Å². The van der Waals surface area contributed by atoms with Gasteiger partial charge in [0.25, 0.3) is 5.56 Å². The summed E-state index contributed by atoms with van der Waals surface area (Å²) in [6.45, 7) is 0. The highest BCUT2D eigenvalue weighted by Crippen LogP contribution is 2.29. The van der Waals surface area contributed by atoms with Gasteiger partial charge in [-0.05, 0) is 6.07 Å². The molecule has 0 unspecified atom stereocenters. The summed E-state index contributed by atoms with van der Waals surface area (Å²) in [6, 6.07) is 2.53. The van der Waals surface area contributed by atoms with Crippen molar-refractivity contribution in [2.45, 2.75) is 6.18 Å². The van der Waals surface area contributed by atoms with E-state index in [0.717, 1.165) is 6.07 Å². The fourth-order valence-corrected chi connectivity index (χ4v) is 1.14. The average Bonchev–Trinajstić information content (AvgIpc) is 2.70. The van der Waals surface area contributed by atoms with Crippen LogP contribution in [0.2, 0.25) is 0 Å². The molecule has 5 nitrogen and oxygen atoms in total. The molecule has 0 spiro atoms. The van der Waals surface area contributed by atoms with Gasteiger partial charge >= 0.3 is 12.1 Å². The molecule has 0 amide bonds. The van der Waals surface area contributed by atoms with E-state index < -0.39 is 12.1 Å². The predicted octanol–water partition coefficient (Wildman–Crippen LogP) is 1.45. The van der Waals surface area contributed by atoms with E-state index in [1.807, 2.05) is 0 Å². The molecule has 0 bridgehead atoms. The highest BCUT2D eigenvalue weighted by Gasteiger charge is 2.38. The molecule has 0 saturated carbocycles. The first-order valence-corrected chi connectivity index (χ1v) is 4.45. The Hall–Kier alpha value is -2.12. The lowest BCUT2D eigenvalue weighted by Crippen LogP contribution is -2.14. The predicted molar refractivity (Wildman–Crippen MR) is 50.0 cm³/mol. The lowest BCUT2D eigenvalue weighted by molar-refractivity contribution is -0.156. The molecule has 0 aliphatic heterocycles. The van der Waals surface area contributed by atoms with Crippen LogP contribution in [0.4, 0.5) is 13.2 Å². The molecule has 2 aromatic rings.